The van der Waals surface area contributed by atoms with Crippen molar-refractivity contribution in [3.63, 3.8) is 0 Å². The van der Waals surface area contributed by atoms with Gasteiger partial charge in [-0.2, -0.15) is 26.9 Å². The molecule has 178 valence electrons. The van der Waals surface area contributed by atoms with Crippen LogP contribution in [0.5, 0.6) is 0 Å². The molecule has 0 N–H and O–H groups in total. The maximum Gasteiger partial charge on any atom is 0.408 e. The molecule has 6 rings (SSSR count). The van der Waals surface area contributed by atoms with E-state index in [1.165, 1.54) is 10.6 Å². The Hall–Kier alpha value is -3.06. The summed E-state index contributed by atoms with van der Waals surface area (Å²) in [6, 6.07) is 2.83. The molecule has 3 aromatic rings. The van der Waals surface area contributed by atoms with E-state index in [-0.39, 0.29) is 31.1 Å². The SMILES string of the molecule is O=CC(c1ccc2nsnc2c1)N1c2nc(N3C[C@@H]4C[C@H]3CO4)cc(=O)n2CC[C@H]1C(F)(F)F. The molecule has 3 aliphatic rings. The van der Waals surface area contributed by atoms with Crippen LogP contribution in [-0.4, -0.2) is 62.1 Å². The first kappa shape index (κ1) is 21.5. The molecule has 9 nitrogen and oxygen atoms in total. The summed E-state index contributed by atoms with van der Waals surface area (Å²) in [5.41, 5.74) is 0.958. The minimum atomic E-state index is -4.63. The van der Waals surface area contributed by atoms with Crippen LogP contribution in [0.15, 0.2) is 29.1 Å². The largest absolute Gasteiger partial charge is 0.408 e. The Morgan fingerprint density at radius 2 is 2.03 bits per heavy atom. The summed E-state index contributed by atoms with van der Waals surface area (Å²) < 4.78 is 57.7. The average molecular weight is 492 g/mol. The molecule has 1 unspecified atom stereocenters. The Kier molecular flexibility index (Phi) is 4.88. The third-order valence-electron chi connectivity index (χ3n) is 6.79. The number of hydrogen-bond acceptors (Lipinski definition) is 9. The van der Waals surface area contributed by atoms with E-state index in [2.05, 4.69) is 13.7 Å². The number of alkyl halides is 3. The monoisotopic (exact) mass is 492 g/mol. The number of nitrogens with zero attached hydrogens (tertiary/aromatic N) is 6. The molecule has 2 aromatic heterocycles. The number of fused-ring (bicyclic) bond motifs is 4. The molecule has 0 aliphatic carbocycles. The van der Waals surface area contributed by atoms with Gasteiger partial charge < -0.3 is 19.3 Å². The molecular weight excluding hydrogens is 473 g/mol. The van der Waals surface area contributed by atoms with Gasteiger partial charge in [-0.05, 0) is 30.5 Å². The van der Waals surface area contributed by atoms with Gasteiger partial charge in [-0.15, -0.1) is 0 Å². The third kappa shape index (κ3) is 3.36. The van der Waals surface area contributed by atoms with Gasteiger partial charge in [-0.3, -0.25) is 9.36 Å². The first-order chi connectivity index (χ1) is 16.3. The van der Waals surface area contributed by atoms with Crippen LogP contribution in [-0.2, 0) is 16.1 Å². The van der Waals surface area contributed by atoms with E-state index in [1.54, 1.807) is 18.2 Å². The molecule has 0 saturated carbocycles. The number of benzene rings is 1. The van der Waals surface area contributed by atoms with Crippen molar-refractivity contribution in [2.45, 2.75) is 49.8 Å². The van der Waals surface area contributed by atoms with Gasteiger partial charge in [-0.25, -0.2) is 0 Å². The molecule has 2 bridgehead atoms. The molecule has 0 spiro atoms. The molecule has 4 atom stereocenters. The van der Waals surface area contributed by atoms with Crippen molar-refractivity contribution < 1.29 is 22.7 Å². The molecule has 2 saturated heterocycles. The Labute approximate surface area is 195 Å². The number of ether oxygens (including phenoxy) is 1. The van der Waals surface area contributed by atoms with E-state index in [0.29, 0.717) is 41.9 Å². The van der Waals surface area contributed by atoms with E-state index in [9.17, 15) is 22.8 Å². The smallest absolute Gasteiger partial charge is 0.374 e. The summed E-state index contributed by atoms with van der Waals surface area (Å²) in [4.78, 5) is 32.7. The number of hydrogen-bond donors (Lipinski definition) is 0. The van der Waals surface area contributed by atoms with Crippen LogP contribution < -0.4 is 15.4 Å². The van der Waals surface area contributed by atoms with Gasteiger partial charge in [0.2, 0.25) is 5.95 Å². The predicted molar refractivity (Wildman–Crippen MR) is 117 cm³/mol. The molecule has 1 aromatic carbocycles. The molecule has 0 radical (unpaired) electrons. The Bertz CT molecular complexity index is 1330. The normalized spacial score (nSPS) is 25.1. The van der Waals surface area contributed by atoms with Gasteiger partial charge in [0.25, 0.3) is 5.56 Å². The van der Waals surface area contributed by atoms with Crippen LogP contribution in [0.2, 0.25) is 0 Å². The van der Waals surface area contributed by atoms with Crippen molar-refractivity contribution in [1.82, 2.24) is 18.3 Å². The average Bonchev–Trinajstić information content (AvgIpc) is 3.56. The zero-order valence-electron chi connectivity index (χ0n) is 17.7. The van der Waals surface area contributed by atoms with Gasteiger partial charge in [-0.1, -0.05) is 6.07 Å². The highest BCUT2D eigenvalue weighted by Gasteiger charge is 2.50. The lowest BCUT2D eigenvalue weighted by atomic mass is 10.0. The number of aldehydes is 1. The zero-order valence-corrected chi connectivity index (χ0v) is 18.5. The van der Waals surface area contributed by atoms with Crippen molar-refractivity contribution >= 4 is 40.8 Å². The molecule has 13 heteroatoms. The van der Waals surface area contributed by atoms with E-state index >= 15 is 0 Å². The fourth-order valence-corrected chi connectivity index (χ4v) is 5.69. The minimum Gasteiger partial charge on any atom is -0.374 e. The standard InChI is InChI=1S/C21H19F3N6O3S/c22-21(23,24)17-3-4-28-19(32)7-18(29-8-13-6-12(29)10-33-13)25-20(28)30(17)16(9-31)11-1-2-14-15(5-11)27-34-26-14/h1-2,5,7,9,12-13,16-17H,3-4,6,8,10H2/t12-,13-,16?,17-/m0/s1. The Balaban J connectivity index is 1.49. The minimum absolute atomic E-state index is 0.0192. The van der Waals surface area contributed by atoms with Crippen molar-refractivity contribution in [3.05, 3.63) is 40.2 Å². The van der Waals surface area contributed by atoms with Crippen molar-refractivity contribution in [1.29, 1.82) is 0 Å². The van der Waals surface area contributed by atoms with E-state index in [1.807, 2.05) is 4.90 Å². The molecule has 5 heterocycles. The van der Waals surface area contributed by atoms with Crippen LogP contribution in [0, 0.1) is 0 Å². The Morgan fingerprint density at radius 3 is 2.74 bits per heavy atom. The van der Waals surface area contributed by atoms with Gasteiger partial charge in [0.1, 0.15) is 35.2 Å². The topological polar surface area (TPSA) is 93.5 Å². The van der Waals surface area contributed by atoms with Crippen molar-refractivity contribution in [2.75, 3.05) is 23.0 Å². The summed E-state index contributed by atoms with van der Waals surface area (Å²) in [7, 11) is 0. The Morgan fingerprint density at radius 1 is 1.21 bits per heavy atom. The second-order valence-corrected chi connectivity index (χ2v) is 9.28. The fourth-order valence-electron chi connectivity index (χ4n) is 5.17. The number of carbonyl (C=O) groups is 1. The highest BCUT2D eigenvalue weighted by Crippen LogP contribution is 2.40. The first-order valence-corrected chi connectivity index (χ1v) is 11.6. The summed E-state index contributed by atoms with van der Waals surface area (Å²) in [5.74, 6) is 0.150. The number of halogens is 3. The first-order valence-electron chi connectivity index (χ1n) is 10.9. The molecule has 2 fully saturated rings. The molecule has 0 amide bonds. The van der Waals surface area contributed by atoms with Crippen LogP contribution in [0.1, 0.15) is 24.4 Å². The zero-order chi connectivity index (χ0) is 23.6. The number of morpholine rings is 1. The van der Waals surface area contributed by atoms with Gasteiger partial charge in [0, 0.05) is 19.2 Å². The molecule has 3 aliphatic heterocycles. The summed E-state index contributed by atoms with van der Waals surface area (Å²) in [6.07, 6.45) is -3.74. The maximum absolute atomic E-state index is 14.2. The van der Waals surface area contributed by atoms with Crippen LogP contribution in [0.3, 0.4) is 0 Å². The van der Waals surface area contributed by atoms with Crippen molar-refractivity contribution in [3.8, 4) is 0 Å². The molecule has 34 heavy (non-hydrogen) atoms. The second-order valence-electron chi connectivity index (χ2n) is 8.75. The number of rotatable bonds is 4. The van der Waals surface area contributed by atoms with Crippen LogP contribution >= 0.6 is 11.7 Å². The van der Waals surface area contributed by atoms with Gasteiger partial charge in [0.15, 0.2) is 0 Å². The van der Waals surface area contributed by atoms with E-state index < -0.39 is 23.8 Å². The fraction of sp³-hybridized carbons (Fsp3) is 0.476. The van der Waals surface area contributed by atoms with E-state index in [0.717, 1.165) is 23.0 Å². The lowest BCUT2D eigenvalue weighted by Gasteiger charge is -2.42. The van der Waals surface area contributed by atoms with Gasteiger partial charge in [0.05, 0.1) is 30.5 Å². The third-order valence-corrected chi connectivity index (χ3v) is 7.34. The predicted octanol–water partition coefficient (Wildman–Crippen LogP) is 2.31. The van der Waals surface area contributed by atoms with Crippen LogP contribution in [0.4, 0.5) is 24.9 Å². The number of anilines is 2. The van der Waals surface area contributed by atoms with Crippen molar-refractivity contribution in [2.24, 2.45) is 0 Å². The summed E-state index contributed by atoms with van der Waals surface area (Å²) in [6.45, 7) is 0.865. The van der Waals surface area contributed by atoms with Gasteiger partial charge >= 0.3 is 6.18 Å². The highest BCUT2D eigenvalue weighted by molar-refractivity contribution is 7.00. The number of carbonyl (C=O) groups excluding carboxylic acids is 1. The lowest BCUT2D eigenvalue weighted by Crippen LogP contribution is -2.54. The quantitative estimate of drug-likeness (QED) is 0.513. The lowest BCUT2D eigenvalue weighted by molar-refractivity contribution is -0.154. The maximum atomic E-state index is 14.2. The highest BCUT2D eigenvalue weighted by atomic mass is 32.1. The second kappa shape index (κ2) is 7.73. The summed E-state index contributed by atoms with van der Waals surface area (Å²) in [5, 5.41) is 0. The van der Waals surface area contributed by atoms with Crippen LogP contribution in [0.25, 0.3) is 11.0 Å². The van der Waals surface area contributed by atoms with E-state index in [4.69, 9.17) is 4.74 Å². The summed E-state index contributed by atoms with van der Waals surface area (Å²) >= 11 is 0.978. The molecular formula is C21H19F3N6O3S. The number of aromatic nitrogens is 4.